The van der Waals surface area contributed by atoms with Gasteiger partial charge in [0, 0.05) is 19.1 Å². The second-order valence-corrected chi connectivity index (χ2v) is 4.81. The monoisotopic (exact) mass is 273 g/mol. The van der Waals surface area contributed by atoms with Gasteiger partial charge in [-0.15, -0.1) is 0 Å². The van der Waals surface area contributed by atoms with E-state index in [0.717, 1.165) is 6.42 Å². The van der Waals surface area contributed by atoms with Crippen LogP contribution in [0.15, 0.2) is 18.2 Å². The highest BCUT2D eigenvalue weighted by Gasteiger charge is 2.24. The zero-order valence-corrected chi connectivity index (χ0v) is 10.6. The van der Waals surface area contributed by atoms with Gasteiger partial charge in [-0.3, -0.25) is 0 Å². The molecule has 1 aromatic carbocycles. The Balaban J connectivity index is 2.06. The number of anilines is 1. The number of urea groups is 1. The highest BCUT2D eigenvalue weighted by molar-refractivity contribution is 6.43. The van der Waals surface area contributed by atoms with E-state index in [0.29, 0.717) is 28.8 Å². The summed E-state index contributed by atoms with van der Waals surface area (Å²) >= 11 is 11.8. The van der Waals surface area contributed by atoms with Gasteiger partial charge in [0.15, 0.2) is 0 Å². The summed E-state index contributed by atoms with van der Waals surface area (Å²) in [6.07, 6.45) is 0.830. The van der Waals surface area contributed by atoms with Crippen molar-refractivity contribution in [2.24, 2.45) is 5.73 Å². The summed E-state index contributed by atoms with van der Waals surface area (Å²) in [4.78, 5) is 13.5. The van der Waals surface area contributed by atoms with E-state index >= 15 is 0 Å². The minimum atomic E-state index is -0.192. The molecule has 1 saturated heterocycles. The van der Waals surface area contributed by atoms with Gasteiger partial charge in [-0.2, -0.15) is 0 Å². The van der Waals surface area contributed by atoms with Crippen LogP contribution in [0.5, 0.6) is 0 Å². The summed E-state index contributed by atoms with van der Waals surface area (Å²) in [5.74, 6) is 0. The van der Waals surface area contributed by atoms with Crippen molar-refractivity contribution in [1.82, 2.24) is 4.90 Å². The van der Waals surface area contributed by atoms with E-state index in [1.54, 1.807) is 23.1 Å². The predicted octanol–water partition coefficient (Wildman–Crippen LogP) is 2.56. The van der Waals surface area contributed by atoms with Crippen LogP contribution in [-0.4, -0.2) is 30.1 Å². The van der Waals surface area contributed by atoms with E-state index in [4.69, 9.17) is 28.9 Å². The fraction of sp³-hybridized carbons (Fsp3) is 0.364. The van der Waals surface area contributed by atoms with Gasteiger partial charge >= 0.3 is 6.03 Å². The molecule has 1 atom stereocenters. The third kappa shape index (κ3) is 2.83. The number of carbonyl (C=O) groups is 1. The molecule has 1 aliphatic rings. The average molecular weight is 274 g/mol. The Labute approximate surface area is 110 Å². The number of hydrogen-bond acceptors (Lipinski definition) is 2. The number of nitrogens with zero attached hydrogens (tertiary/aromatic N) is 1. The zero-order valence-electron chi connectivity index (χ0n) is 9.12. The Hall–Kier alpha value is -0.970. The molecule has 0 bridgehead atoms. The molecule has 2 rings (SSSR count). The standard InChI is InChI=1S/C11H13Cl2N3O/c12-8-2-1-3-9(10(8)13)15-11(17)16-5-4-7(14)6-16/h1-3,7H,4-6,14H2,(H,15,17)/t7-/m1/s1. The van der Waals surface area contributed by atoms with E-state index in [-0.39, 0.29) is 12.1 Å². The lowest BCUT2D eigenvalue weighted by atomic mass is 10.3. The first-order chi connectivity index (χ1) is 8.08. The molecule has 0 spiro atoms. The quantitative estimate of drug-likeness (QED) is 0.826. The number of nitrogens with two attached hydrogens (primary N) is 1. The SMILES string of the molecule is N[C@@H]1CCN(C(=O)Nc2cccc(Cl)c2Cl)C1. The Kier molecular flexibility index (Phi) is 3.76. The number of rotatable bonds is 1. The highest BCUT2D eigenvalue weighted by Crippen LogP contribution is 2.29. The largest absolute Gasteiger partial charge is 0.326 e. The Morgan fingerprint density at radius 1 is 1.47 bits per heavy atom. The molecular weight excluding hydrogens is 261 g/mol. The second kappa shape index (κ2) is 5.12. The van der Waals surface area contributed by atoms with Crippen molar-refractivity contribution in [1.29, 1.82) is 0 Å². The summed E-state index contributed by atoms with van der Waals surface area (Å²) in [6, 6.07) is 4.99. The molecule has 17 heavy (non-hydrogen) atoms. The fourth-order valence-corrected chi connectivity index (χ4v) is 2.11. The summed E-state index contributed by atoms with van der Waals surface area (Å²) in [6.45, 7) is 1.25. The molecule has 0 radical (unpaired) electrons. The number of likely N-dealkylation sites (tertiary alicyclic amines) is 1. The highest BCUT2D eigenvalue weighted by atomic mass is 35.5. The van der Waals surface area contributed by atoms with Crippen molar-refractivity contribution in [2.45, 2.75) is 12.5 Å². The number of nitrogens with one attached hydrogen (secondary N) is 1. The Morgan fingerprint density at radius 3 is 2.88 bits per heavy atom. The van der Waals surface area contributed by atoms with Crippen LogP contribution in [0.3, 0.4) is 0 Å². The topological polar surface area (TPSA) is 58.4 Å². The zero-order chi connectivity index (χ0) is 12.4. The molecule has 92 valence electrons. The second-order valence-electron chi connectivity index (χ2n) is 4.03. The first-order valence-corrected chi connectivity index (χ1v) is 6.09. The molecule has 0 unspecified atom stereocenters. The van der Waals surface area contributed by atoms with Crippen LogP contribution in [0, 0.1) is 0 Å². The van der Waals surface area contributed by atoms with Gasteiger partial charge < -0.3 is 16.0 Å². The predicted molar refractivity (Wildman–Crippen MR) is 69.6 cm³/mol. The molecular formula is C11H13Cl2N3O. The molecule has 6 heteroatoms. The first-order valence-electron chi connectivity index (χ1n) is 5.33. The van der Waals surface area contributed by atoms with Gasteiger partial charge in [0.25, 0.3) is 0 Å². The van der Waals surface area contributed by atoms with Crippen molar-refractivity contribution in [3.63, 3.8) is 0 Å². The summed E-state index contributed by atoms with van der Waals surface area (Å²) < 4.78 is 0. The van der Waals surface area contributed by atoms with Crippen molar-refractivity contribution in [3.05, 3.63) is 28.2 Å². The van der Waals surface area contributed by atoms with E-state index in [9.17, 15) is 4.79 Å². The van der Waals surface area contributed by atoms with Crippen molar-refractivity contribution in [2.75, 3.05) is 18.4 Å². The van der Waals surface area contributed by atoms with Gasteiger partial charge in [-0.1, -0.05) is 29.3 Å². The minimum absolute atomic E-state index is 0.0654. The molecule has 4 nitrogen and oxygen atoms in total. The number of halogens is 2. The van der Waals surface area contributed by atoms with E-state index < -0.39 is 0 Å². The molecule has 3 N–H and O–H groups in total. The van der Waals surface area contributed by atoms with Crippen molar-refractivity contribution < 1.29 is 4.79 Å². The van der Waals surface area contributed by atoms with E-state index in [1.165, 1.54) is 0 Å². The van der Waals surface area contributed by atoms with E-state index in [1.807, 2.05) is 0 Å². The van der Waals surface area contributed by atoms with Gasteiger partial charge in [-0.05, 0) is 18.6 Å². The molecule has 1 fully saturated rings. The number of amides is 2. The third-order valence-corrected chi connectivity index (χ3v) is 3.52. The van der Waals surface area contributed by atoms with Crippen molar-refractivity contribution >= 4 is 34.9 Å². The van der Waals surface area contributed by atoms with Crippen molar-refractivity contribution in [3.8, 4) is 0 Å². The maximum absolute atomic E-state index is 11.9. The van der Waals surface area contributed by atoms with Crippen LogP contribution in [0.1, 0.15) is 6.42 Å². The van der Waals surface area contributed by atoms with Gasteiger partial charge in [0.1, 0.15) is 0 Å². The number of benzene rings is 1. The van der Waals surface area contributed by atoms with Crippen LogP contribution in [-0.2, 0) is 0 Å². The van der Waals surface area contributed by atoms with Gasteiger partial charge in [0.2, 0.25) is 0 Å². The minimum Gasteiger partial charge on any atom is -0.326 e. The summed E-state index contributed by atoms with van der Waals surface area (Å²) in [5, 5.41) is 3.50. The molecule has 1 aliphatic heterocycles. The molecule has 1 heterocycles. The van der Waals surface area contributed by atoms with Crippen LogP contribution < -0.4 is 11.1 Å². The first kappa shape index (κ1) is 12.5. The average Bonchev–Trinajstić information content (AvgIpc) is 2.72. The molecule has 0 saturated carbocycles. The van der Waals surface area contributed by atoms with Gasteiger partial charge in [0.05, 0.1) is 15.7 Å². The van der Waals surface area contributed by atoms with E-state index in [2.05, 4.69) is 5.32 Å². The molecule has 2 amide bonds. The maximum atomic E-state index is 11.9. The summed E-state index contributed by atoms with van der Waals surface area (Å²) in [5.41, 5.74) is 6.26. The maximum Gasteiger partial charge on any atom is 0.321 e. The molecule has 1 aromatic rings. The lowest BCUT2D eigenvalue weighted by Crippen LogP contribution is -2.35. The van der Waals surface area contributed by atoms with Gasteiger partial charge in [-0.25, -0.2) is 4.79 Å². The third-order valence-electron chi connectivity index (χ3n) is 2.71. The van der Waals surface area contributed by atoms with Crippen LogP contribution in [0.2, 0.25) is 10.0 Å². The van der Waals surface area contributed by atoms with Crippen LogP contribution in [0.25, 0.3) is 0 Å². The van der Waals surface area contributed by atoms with Crippen LogP contribution in [0.4, 0.5) is 10.5 Å². The smallest absolute Gasteiger partial charge is 0.321 e. The molecule has 0 aromatic heterocycles. The lowest BCUT2D eigenvalue weighted by Gasteiger charge is -2.17. The normalized spacial score (nSPS) is 19.5. The number of carbonyl (C=O) groups excluding carboxylic acids is 1. The Morgan fingerprint density at radius 2 is 2.24 bits per heavy atom. The summed E-state index contributed by atoms with van der Waals surface area (Å²) in [7, 11) is 0. The van der Waals surface area contributed by atoms with Crippen LogP contribution >= 0.6 is 23.2 Å². The Bertz CT molecular complexity index is 439. The number of hydrogen-bond donors (Lipinski definition) is 2. The lowest BCUT2D eigenvalue weighted by molar-refractivity contribution is 0.222. The fourth-order valence-electron chi connectivity index (χ4n) is 1.77. The molecule has 0 aliphatic carbocycles.